The highest BCUT2D eigenvalue weighted by Gasteiger charge is 2.49. The molecule has 2 rings (SSSR count). The van der Waals surface area contributed by atoms with E-state index in [0.29, 0.717) is 5.92 Å². The largest absolute Gasteiger partial charge is 0.369 e. The highest BCUT2D eigenvalue weighted by molar-refractivity contribution is 9.10. The lowest BCUT2D eigenvalue weighted by atomic mass is 9.79. The molecule has 1 aliphatic rings. The first-order chi connectivity index (χ1) is 9.16. The summed E-state index contributed by atoms with van der Waals surface area (Å²) in [7, 11) is 0. The van der Waals surface area contributed by atoms with Crippen LogP contribution in [-0.4, -0.2) is 11.2 Å². The Labute approximate surface area is 130 Å². The Hall–Kier alpha value is -0.420. The van der Waals surface area contributed by atoms with Gasteiger partial charge in [-0.1, -0.05) is 28.1 Å². The van der Waals surface area contributed by atoms with Crippen LogP contribution in [0.3, 0.4) is 0 Å². The second-order valence-corrected chi connectivity index (χ2v) is 7.78. The Morgan fingerprint density at radius 2 is 2.00 bits per heavy atom. The molecular weight excluding hydrogens is 316 g/mol. The lowest BCUT2D eigenvalue weighted by molar-refractivity contribution is -0.0779. The summed E-state index contributed by atoms with van der Waals surface area (Å²) in [5, 5.41) is 0. The van der Waals surface area contributed by atoms with Gasteiger partial charge in [0.15, 0.2) is 0 Å². The topological polar surface area (TPSA) is 47.3 Å². The van der Waals surface area contributed by atoms with E-state index in [4.69, 9.17) is 10.6 Å². The third-order valence-electron chi connectivity index (χ3n) is 4.28. The van der Waals surface area contributed by atoms with Crippen LogP contribution in [0.5, 0.6) is 0 Å². The lowest BCUT2D eigenvalue weighted by Gasteiger charge is -2.33. The maximum Gasteiger partial charge on any atom is 0.0681 e. The van der Waals surface area contributed by atoms with Gasteiger partial charge >= 0.3 is 0 Å². The van der Waals surface area contributed by atoms with E-state index >= 15 is 0 Å². The third kappa shape index (κ3) is 3.08. The van der Waals surface area contributed by atoms with E-state index in [1.54, 1.807) is 0 Å². The first-order valence-corrected chi connectivity index (χ1v) is 7.88. The summed E-state index contributed by atoms with van der Waals surface area (Å²) in [6, 6.07) is 6.51. The fourth-order valence-corrected chi connectivity index (χ4v) is 3.77. The van der Waals surface area contributed by atoms with Crippen molar-refractivity contribution in [1.29, 1.82) is 0 Å². The standard InChI is InChI=1S/C16H25BrN2O/c1-10-6-7-11(8-13(10)17)14(19-18)12-9-15(2,3)20-16(12,4)5/h6-8,12,14,19H,9,18H2,1-5H3. The van der Waals surface area contributed by atoms with E-state index < -0.39 is 0 Å². The molecule has 1 aliphatic heterocycles. The molecule has 4 heteroatoms. The van der Waals surface area contributed by atoms with Gasteiger partial charge in [0.05, 0.1) is 17.2 Å². The van der Waals surface area contributed by atoms with Crippen molar-refractivity contribution in [3.8, 4) is 0 Å². The van der Waals surface area contributed by atoms with E-state index in [-0.39, 0.29) is 17.2 Å². The number of halogens is 1. The summed E-state index contributed by atoms with van der Waals surface area (Å²) in [6.45, 7) is 10.7. The van der Waals surface area contributed by atoms with Gasteiger partial charge < -0.3 is 4.74 Å². The smallest absolute Gasteiger partial charge is 0.0681 e. The van der Waals surface area contributed by atoms with Crippen molar-refractivity contribution >= 4 is 15.9 Å². The van der Waals surface area contributed by atoms with Crippen LogP contribution >= 0.6 is 15.9 Å². The van der Waals surface area contributed by atoms with E-state index in [2.05, 4.69) is 74.2 Å². The molecule has 112 valence electrons. The maximum absolute atomic E-state index is 6.20. The number of benzene rings is 1. The Kier molecular flexibility index (Phi) is 4.32. The molecule has 0 amide bonds. The van der Waals surface area contributed by atoms with Gasteiger partial charge in [-0.05, 0) is 58.2 Å². The van der Waals surface area contributed by atoms with Crippen LogP contribution in [0.1, 0.15) is 51.3 Å². The van der Waals surface area contributed by atoms with Crippen molar-refractivity contribution in [1.82, 2.24) is 5.43 Å². The number of nitrogens with one attached hydrogen (secondary N) is 1. The zero-order valence-electron chi connectivity index (χ0n) is 13.0. The molecule has 3 N–H and O–H groups in total. The molecule has 0 aliphatic carbocycles. The number of aryl methyl sites for hydroxylation is 1. The summed E-state index contributed by atoms with van der Waals surface area (Å²) in [4.78, 5) is 0. The minimum Gasteiger partial charge on any atom is -0.369 e. The van der Waals surface area contributed by atoms with Gasteiger partial charge in [0.1, 0.15) is 0 Å². The molecule has 0 aromatic heterocycles. The molecule has 0 spiro atoms. The fourth-order valence-electron chi connectivity index (χ4n) is 3.37. The summed E-state index contributed by atoms with van der Waals surface area (Å²) in [6.07, 6.45) is 0.986. The molecule has 1 aromatic carbocycles. The Morgan fingerprint density at radius 1 is 1.35 bits per heavy atom. The predicted octanol–water partition coefficient (Wildman–Crippen LogP) is 3.86. The third-order valence-corrected chi connectivity index (χ3v) is 5.14. The first-order valence-electron chi connectivity index (χ1n) is 7.09. The zero-order chi connectivity index (χ0) is 15.1. The zero-order valence-corrected chi connectivity index (χ0v) is 14.5. The van der Waals surface area contributed by atoms with E-state index in [1.807, 2.05) is 0 Å². The molecular formula is C16H25BrN2O. The van der Waals surface area contributed by atoms with Crippen LogP contribution in [-0.2, 0) is 4.74 Å². The van der Waals surface area contributed by atoms with Crippen LogP contribution in [0, 0.1) is 12.8 Å². The minimum absolute atomic E-state index is 0.0867. The number of hydrogen-bond acceptors (Lipinski definition) is 3. The fraction of sp³-hybridized carbons (Fsp3) is 0.625. The Morgan fingerprint density at radius 3 is 2.45 bits per heavy atom. The van der Waals surface area contributed by atoms with E-state index in [0.717, 1.165) is 10.9 Å². The molecule has 1 aromatic rings. The van der Waals surface area contributed by atoms with Crippen molar-refractivity contribution in [2.75, 3.05) is 0 Å². The SMILES string of the molecule is Cc1ccc(C(NN)C2CC(C)(C)OC2(C)C)cc1Br. The lowest BCUT2D eigenvalue weighted by Crippen LogP contribution is -2.41. The molecule has 0 saturated carbocycles. The molecule has 0 bridgehead atoms. The van der Waals surface area contributed by atoms with Crippen LogP contribution in [0.15, 0.2) is 22.7 Å². The molecule has 20 heavy (non-hydrogen) atoms. The van der Waals surface area contributed by atoms with Crippen molar-refractivity contribution in [2.24, 2.45) is 11.8 Å². The van der Waals surface area contributed by atoms with Gasteiger partial charge in [0, 0.05) is 10.4 Å². The van der Waals surface area contributed by atoms with Crippen molar-refractivity contribution in [3.63, 3.8) is 0 Å². The van der Waals surface area contributed by atoms with Crippen molar-refractivity contribution in [3.05, 3.63) is 33.8 Å². The summed E-state index contributed by atoms with van der Waals surface area (Å²) in [5.41, 5.74) is 5.12. The van der Waals surface area contributed by atoms with Gasteiger partial charge in [-0.25, -0.2) is 0 Å². The number of nitrogens with two attached hydrogens (primary N) is 1. The van der Waals surface area contributed by atoms with Gasteiger partial charge in [-0.2, -0.15) is 0 Å². The number of ether oxygens (including phenoxy) is 1. The average molecular weight is 341 g/mol. The quantitative estimate of drug-likeness (QED) is 0.648. The van der Waals surface area contributed by atoms with Gasteiger partial charge in [-0.15, -0.1) is 0 Å². The highest BCUT2D eigenvalue weighted by atomic mass is 79.9. The molecule has 1 fully saturated rings. The second kappa shape index (κ2) is 5.41. The maximum atomic E-state index is 6.20. The normalized spacial score (nSPS) is 25.6. The molecule has 1 saturated heterocycles. The molecule has 2 unspecified atom stereocenters. The monoisotopic (exact) mass is 340 g/mol. The summed E-state index contributed by atoms with van der Waals surface area (Å²) in [5.74, 6) is 6.19. The summed E-state index contributed by atoms with van der Waals surface area (Å²) >= 11 is 3.60. The van der Waals surface area contributed by atoms with E-state index in [9.17, 15) is 0 Å². The van der Waals surface area contributed by atoms with Gasteiger partial charge in [0.2, 0.25) is 0 Å². The molecule has 2 atom stereocenters. The van der Waals surface area contributed by atoms with Crippen LogP contribution in [0.4, 0.5) is 0 Å². The summed E-state index contributed by atoms with van der Waals surface area (Å²) < 4.78 is 7.32. The highest BCUT2D eigenvalue weighted by Crippen LogP contribution is 2.47. The van der Waals surface area contributed by atoms with Crippen molar-refractivity contribution in [2.45, 2.75) is 58.3 Å². The van der Waals surface area contributed by atoms with Gasteiger partial charge in [-0.3, -0.25) is 11.3 Å². The van der Waals surface area contributed by atoms with Gasteiger partial charge in [0.25, 0.3) is 0 Å². The van der Waals surface area contributed by atoms with Crippen molar-refractivity contribution < 1.29 is 4.74 Å². The molecule has 3 nitrogen and oxygen atoms in total. The minimum atomic E-state index is -0.197. The average Bonchev–Trinajstić information content (AvgIpc) is 2.53. The first kappa shape index (κ1) is 16.0. The molecule has 0 radical (unpaired) electrons. The second-order valence-electron chi connectivity index (χ2n) is 6.93. The molecule has 1 heterocycles. The van der Waals surface area contributed by atoms with E-state index in [1.165, 1.54) is 11.1 Å². The number of hydrazine groups is 1. The Bertz CT molecular complexity index is 499. The van der Waals surface area contributed by atoms with Crippen LogP contribution in [0.2, 0.25) is 0 Å². The predicted molar refractivity (Wildman–Crippen MR) is 86.3 cm³/mol. The number of rotatable bonds is 3. The van der Waals surface area contributed by atoms with Crippen LogP contribution in [0.25, 0.3) is 0 Å². The van der Waals surface area contributed by atoms with Crippen LogP contribution < -0.4 is 11.3 Å². The Balaban J connectivity index is 2.35. The number of hydrogen-bond donors (Lipinski definition) is 2.